The summed E-state index contributed by atoms with van der Waals surface area (Å²) in [5.74, 6) is 5.98. The monoisotopic (exact) mass is 368 g/mol. The van der Waals surface area contributed by atoms with Crippen LogP contribution in [-0.4, -0.2) is 10.9 Å². The largest absolute Gasteiger partial charge is 0.347 e. The summed E-state index contributed by atoms with van der Waals surface area (Å²) in [7, 11) is 0. The van der Waals surface area contributed by atoms with E-state index in [1.54, 1.807) is 23.5 Å². The standard InChI is InChI=1S/C14H17BrN4OS/c1-8(2)11-5-9(6-13(18-11)19-16)14(20)17-7-12-10(15)3-4-21-12/h3-6,8H,7,16H2,1-2H3,(H,17,20)(H,18,19). The smallest absolute Gasteiger partial charge is 0.251 e. The van der Waals surface area contributed by atoms with Gasteiger partial charge in [-0.2, -0.15) is 0 Å². The third-order valence-corrected chi connectivity index (χ3v) is 4.87. The van der Waals surface area contributed by atoms with Crippen molar-refractivity contribution in [1.29, 1.82) is 0 Å². The lowest BCUT2D eigenvalue weighted by atomic mass is 10.1. The summed E-state index contributed by atoms with van der Waals surface area (Å²) < 4.78 is 1.01. The molecule has 0 radical (unpaired) electrons. The van der Waals surface area contributed by atoms with E-state index in [-0.39, 0.29) is 11.8 Å². The molecule has 0 saturated heterocycles. The first-order valence-electron chi connectivity index (χ1n) is 6.50. The highest BCUT2D eigenvalue weighted by molar-refractivity contribution is 9.10. The Hall–Kier alpha value is -1.44. The lowest BCUT2D eigenvalue weighted by molar-refractivity contribution is 0.0951. The first-order chi connectivity index (χ1) is 10.0. The van der Waals surface area contributed by atoms with Crippen molar-refractivity contribution in [3.8, 4) is 0 Å². The van der Waals surface area contributed by atoms with E-state index in [9.17, 15) is 4.79 Å². The van der Waals surface area contributed by atoms with Gasteiger partial charge in [-0.05, 0) is 45.4 Å². The van der Waals surface area contributed by atoms with Gasteiger partial charge in [-0.25, -0.2) is 10.8 Å². The zero-order chi connectivity index (χ0) is 15.4. The Morgan fingerprint density at radius 1 is 1.48 bits per heavy atom. The van der Waals surface area contributed by atoms with Gasteiger partial charge in [0.1, 0.15) is 5.82 Å². The molecule has 0 bridgehead atoms. The summed E-state index contributed by atoms with van der Waals surface area (Å²) >= 11 is 5.04. The number of nitrogens with zero attached hydrogens (tertiary/aromatic N) is 1. The number of anilines is 1. The maximum Gasteiger partial charge on any atom is 0.251 e. The van der Waals surface area contributed by atoms with Crippen LogP contribution in [0.1, 0.15) is 40.7 Å². The van der Waals surface area contributed by atoms with Crippen LogP contribution in [0.2, 0.25) is 0 Å². The van der Waals surface area contributed by atoms with E-state index in [4.69, 9.17) is 5.84 Å². The summed E-state index contributed by atoms with van der Waals surface area (Å²) in [6.45, 7) is 4.53. The Morgan fingerprint density at radius 2 is 2.24 bits per heavy atom. The third kappa shape index (κ3) is 4.03. The van der Waals surface area contributed by atoms with Gasteiger partial charge in [0, 0.05) is 20.6 Å². The van der Waals surface area contributed by atoms with E-state index < -0.39 is 0 Å². The summed E-state index contributed by atoms with van der Waals surface area (Å²) in [5, 5.41) is 4.88. The Kier molecular flexibility index (Phi) is 5.33. The third-order valence-electron chi connectivity index (χ3n) is 2.95. The number of carbonyl (C=O) groups excluding carboxylic acids is 1. The fourth-order valence-corrected chi connectivity index (χ4v) is 3.20. The number of nitrogen functional groups attached to an aromatic ring is 1. The van der Waals surface area contributed by atoms with Gasteiger partial charge in [-0.15, -0.1) is 11.3 Å². The zero-order valence-electron chi connectivity index (χ0n) is 11.8. The maximum atomic E-state index is 12.3. The van der Waals surface area contributed by atoms with Gasteiger partial charge in [0.05, 0.1) is 6.54 Å². The average molecular weight is 369 g/mol. The van der Waals surface area contributed by atoms with Crippen molar-refractivity contribution in [2.24, 2.45) is 5.84 Å². The molecule has 0 aliphatic rings. The van der Waals surface area contributed by atoms with Crippen molar-refractivity contribution in [2.75, 3.05) is 5.43 Å². The normalized spacial score (nSPS) is 10.7. The number of hydrogen-bond donors (Lipinski definition) is 3. The molecule has 2 rings (SSSR count). The molecule has 7 heteroatoms. The molecule has 0 aliphatic heterocycles. The van der Waals surface area contributed by atoms with Crippen LogP contribution in [0.15, 0.2) is 28.1 Å². The van der Waals surface area contributed by atoms with Gasteiger partial charge in [0.15, 0.2) is 0 Å². The molecule has 0 aliphatic carbocycles. The van der Waals surface area contributed by atoms with Crippen LogP contribution in [0.25, 0.3) is 0 Å². The molecule has 112 valence electrons. The van der Waals surface area contributed by atoms with Crippen molar-refractivity contribution in [3.63, 3.8) is 0 Å². The van der Waals surface area contributed by atoms with Gasteiger partial charge in [-0.3, -0.25) is 4.79 Å². The molecule has 0 unspecified atom stereocenters. The SMILES string of the molecule is CC(C)c1cc(C(=O)NCc2sccc2Br)cc(NN)n1. The molecule has 0 aromatic carbocycles. The molecule has 2 aromatic heterocycles. The maximum absolute atomic E-state index is 12.3. The Morgan fingerprint density at radius 3 is 2.81 bits per heavy atom. The number of rotatable bonds is 5. The molecule has 0 saturated carbocycles. The van der Waals surface area contributed by atoms with Crippen LogP contribution in [0, 0.1) is 0 Å². The molecular formula is C14H17BrN4OS. The van der Waals surface area contributed by atoms with Crippen molar-refractivity contribution in [2.45, 2.75) is 26.3 Å². The molecule has 4 N–H and O–H groups in total. The number of hydrogen-bond acceptors (Lipinski definition) is 5. The topological polar surface area (TPSA) is 80.0 Å². The van der Waals surface area contributed by atoms with E-state index in [0.717, 1.165) is 15.0 Å². The molecule has 2 heterocycles. The van der Waals surface area contributed by atoms with Gasteiger partial charge in [0.25, 0.3) is 5.91 Å². The van der Waals surface area contributed by atoms with Crippen LogP contribution in [0.4, 0.5) is 5.82 Å². The minimum absolute atomic E-state index is 0.142. The first-order valence-corrected chi connectivity index (χ1v) is 8.17. The lowest BCUT2D eigenvalue weighted by Gasteiger charge is -2.11. The quantitative estimate of drug-likeness (QED) is 0.558. The molecule has 2 aromatic rings. The molecule has 21 heavy (non-hydrogen) atoms. The molecule has 0 fully saturated rings. The second kappa shape index (κ2) is 7.02. The van der Waals surface area contributed by atoms with E-state index in [1.165, 1.54) is 0 Å². The van der Waals surface area contributed by atoms with Crippen molar-refractivity contribution in [1.82, 2.24) is 10.3 Å². The molecule has 5 nitrogen and oxygen atoms in total. The van der Waals surface area contributed by atoms with Gasteiger partial charge in [-0.1, -0.05) is 13.8 Å². The van der Waals surface area contributed by atoms with E-state index in [1.807, 2.05) is 25.3 Å². The summed E-state index contributed by atoms with van der Waals surface area (Å²) in [4.78, 5) is 17.7. The summed E-state index contributed by atoms with van der Waals surface area (Å²) in [6.07, 6.45) is 0. The number of halogens is 1. The van der Waals surface area contributed by atoms with Crippen LogP contribution < -0.4 is 16.6 Å². The average Bonchev–Trinajstić information content (AvgIpc) is 2.89. The minimum Gasteiger partial charge on any atom is -0.347 e. The highest BCUT2D eigenvalue weighted by atomic mass is 79.9. The Bertz CT molecular complexity index is 642. The number of carbonyl (C=O) groups is 1. The second-order valence-corrected chi connectivity index (χ2v) is 6.69. The summed E-state index contributed by atoms with van der Waals surface area (Å²) in [5.41, 5.74) is 3.88. The number of hydrazine groups is 1. The van der Waals surface area contributed by atoms with E-state index in [0.29, 0.717) is 17.9 Å². The first kappa shape index (κ1) is 15.9. The molecule has 0 atom stereocenters. The van der Waals surface area contributed by atoms with Gasteiger partial charge in [0.2, 0.25) is 0 Å². The number of aromatic nitrogens is 1. The number of pyridine rings is 1. The van der Waals surface area contributed by atoms with Gasteiger partial charge < -0.3 is 10.7 Å². The van der Waals surface area contributed by atoms with Crippen LogP contribution >= 0.6 is 27.3 Å². The van der Waals surface area contributed by atoms with Crippen molar-refractivity contribution < 1.29 is 4.79 Å². The molecule has 1 amide bonds. The van der Waals surface area contributed by atoms with E-state index >= 15 is 0 Å². The highest BCUT2D eigenvalue weighted by Gasteiger charge is 2.12. The van der Waals surface area contributed by atoms with Crippen LogP contribution in [-0.2, 0) is 6.54 Å². The number of nitrogens with two attached hydrogens (primary N) is 1. The van der Waals surface area contributed by atoms with Crippen LogP contribution in [0.3, 0.4) is 0 Å². The number of amides is 1. The number of thiophene rings is 1. The Labute approximate surface area is 136 Å². The zero-order valence-corrected chi connectivity index (χ0v) is 14.2. The second-order valence-electron chi connectivity index (χ2n) is 4.84. The molecular weight excluding hydrogens is 352 g/mol. The van der Waals surface area contributed by atoms with E-state index in [2.05, 4.69) is 31.7 Å². The molecule has 0 spiro atoms. The predicted octanol–water partition coefficient (Wildman–Crippen LogP) is 3.24. The lowest BCUT2D eigenvalue weighted by Crippen LogP contribution is -2.23. The summed E-state index contributed by atoms with van der Waals surface area (Å²) in [6, 6.07) is 5.40. The van der Waals surface area contributed by atoms with Gasteiger partial charge >= 0.3 is 0 Å². The number of nitrogens with one attached hydrogen (secondary N) is 2. The fourth-order valence-electron chi connectivity index (χ4n) is 1.77. The minimum atomic E-state index is -0.142. The van der Waals surface area contributed by atoms with Crippen molar-refractivity contribution in [3.05, 3.63) is 44.2 Å². The van der Waals surface area contributed by atoms with Crippen LogP contribution in [0.5, 0.6) is 0 Å². The predicted molar refractivity (Wildman–Crippen MR) is 89.3 cm³/mol. The Balaban J connectivity index is 2.14. The highest BCUT2D eigenvalue weighted by Crippen LogP contribution is 2.22. The van der Waals surface area contributed by atoms with Crippen molar-refractivity contribution >= 4 is 39.0 Å². The fraction of sp³-hybridized carbons (Fsp3) is 0.286.